The summed E-state index contributed by atoms with van der Waals surface area (Å²) in [5.41, 5.74) is 8.72. The number of para-hydroxylation sites is 2. The molecule has 0 aromatic heterocycles. The van der Waals surface area contributed by atoms with Gasteiger partial charge in [-0.3, -0.25) is 0 Å². The van der Waals surface area contributed by atoms with Crippen LogP contribution >= 0.6 is 0 Å². The Morgan fingerprint density at radius 1 is 0.652 bits per heavy atom. The van der Waals surface area contributed by atoms with Gasteiger partial charge in [0.1, 0.15) is 0 Å². The third-order valence-electron chi connectivity index (χ3n) is 5.66. The van der Waals surface area contributed by atoms with Crippen molar-refractivity contribution in [2.45, 2.75) is 18.3 Å². The maximum atomic E-state index is 2.35. The molecular formula is C22H19N. The molecule has 0 atom stereocenters. The minimum absolute atomic E-state index is 0.0867. The van der Waals surface area contributed by atoms with Gasteiger partial charge < -0.3 is 4.90 Å². The van der Waals surface area contributed by atoms with Crippen LogP contribution in [0.3, 0.4) is 0 Å². The highest BCUT2D eigenvalue weighted by atomic mass is 15.1. The molecule has 2 aliphatic rings. The van der Waals surface area contributed by atoms with Crippen molar-refractivity contribution in [1.29, 1.82) is 0 Å². The van der Waals surface area contributed by atoms with Crippen molar-refractivity contribution in [3.05, 3.63) is 95.1 Å². The summed E-state index contributed by atoms with van der Waals surface area (Å²) >= 11 is 0. The summed E-state index contributed by atoms with van der Waals surface area (Å²) in [5, 5.41) is 0. The van der Waals surface area contributed by atoms with Gasteiger partial charge in [-0.1, -0.05) is 60.7 Å². The third kappa shape index (κ3) is 1.62. The molecule has 0 N–H and O–H groups in total. The largest absolute Gasteiger partial charge is 0.344 e. The molecule has 0 fully saturated rings. The molecule has 1 heteroatoms. The standard InChI is InChI=1S/C22H19N/c1-23-20-12-6-4-10-18(20)22(19-11-5-7-13-21(19)23)14-16-8-2-3-9-17(16)15-22/h2-13H,14-15H2,1H3. The highest BCUT2D eigenvalue weighted by Crippen LogP contribution is 2.54. The number of hydrogen-bond acceptors (Lipinski definition) is 1. The molecule has 1 aliphatic heterocycles. The summed E-state index contributed by atoms with van der Waals surface area (Å²) in [7, 11) is 2.19. The average Bonchev–Trinajstić information content (AvgIpc) is 3.00. The van der Waals surface area contributed by atoms with Crippen LogP contribution in [-0.2, 0) is 18.3 Å². The summed E-state index contributed by atoms with van der Waals surface area (Å²) in [6.07, 6.45) is 2.20. The summed E-state index contributed by atoms with van der Waals surface area (Å²) < 4.78 is 0. The van der Waals surface area contributed by atoms with Crippen LogP contribution in [-0.4, -0.2) is 7.05 Å². The van der Waals surface area contributed by atoms with Crippen LogP contribution in [0.15, 0.2) is 72.8 Å². The molecule has 1 heterocycles. The fourth-order valence-electron chi connectivity index (χ4n) is 4.61. The third-order valence-corrected chi connectivity index (χ3v) is 5.66. The van der Waals surface area contributed by atoms with Crippen LogP contribution in [0.2, 0.25) is 0 Å². The van der Waals surface area contributed by atoms with Crippen LogP contribution in [0, 0.1) is 0 Å². The second-order valence-corrected chi connectivity index (χ2v) is 6.80. The number of nitrogens with zero attached hydrogens (tertiary/aromatic N) is 1. The molecule has 0 saturated carbocycles. The lowest BCUT2D eigenvalue weighted by atomic mass is 9.68. The van der Waals surface area contributed by atoms with E-state index in [1.165, 1.54) is 33.6 Å². The van der Waals surface area contributed by atoms with Gasteiger partial charge >= 0.3 is 0 Å². The topological polar surface area (TPSA) is 3.24 Å². The predicted molar refractivity (Wildman–Crippen MR) is 95.6 cm³/mol. The maximum Gasteiger partial charge on any atom is 0.0450 e. The lowest BCUT2D eigenvalue weighted by Crippen LogP contribution is -2.36. The normalized spacial score (nSPS) is 16.8. The molecule has 5 rings (SSSR count). The quantitative estimate of drug-likeness (QED) is 0.573. The SMILES string of the molecule is CN1c2ccccc2C2(Cc3ccccc3C2)c2ccccc21. The Labute approximate surface area is 137 Å². The van der Waals surface area contributed by atoms with E-state index in [4.69, 9.17) is 0 Å². The van der Waals surface area contributed by atoms with E-state index in [1.807, 2.05) is 0 Å². The lowest BCUT2D eigenvalue weighted by Gasteiger charge is -2.42. The molecule has 1 aliphatic carbocycles. The zero-order valence-electron chi connectivity index (χ0n) is 13.3. The summed E-state index contributed by atoms with van der Waals surface area (Å²) in [5.74, 6) is 0. The zero-order valence-corrected chi connectivity index (χ0v) is 13.3. The van der Waals surface area contributed by atoms with Crippen molar-refractivity contribution in [3.63, 3.8) is 0 Å². The summed E-state index contributed by atoms with van der Waals surface area (Å²) in [6, 6.07) is 26.8. The van der Waals surface area contributed by atoms with E-state index >= 15 is 0 Å². The van der Waals surface area contributed by atoms with Crippen LogP contribution < -0.4 is 4.90 Å². The van der Waals surface area contributed by atoms with E-state index in [1.54, 1.807) is 0 Å². The van der Waals surface area contributed by atoms with Gasteiger partial charge in [0, 0.05) is 23.8 Å². The fraction of sp³-hybridized carbons (Fsp3) is 0.182. The molecule has 3 aromatic rings. The molecule has 1 spiro atoms. The first-order valence-electron chi connectivity index (χ1n) is 8.29. The van der Waals surface area contributed by atoms with Gasteiger partial charge in [-0.15, -0.1) is 0 Å². The number of fused-ring (bicyclic) bond motifs is 5. The van der Waals surface area contributed by atoms with Crippen LogP contribution in [0.4, 0.5) is 11.4 Å². The van der Waals surface area contributed by atoms with Gasteiger partial charge in [0.15, 0.2) is 0 Å². The van der Waals surface area contributed by atoms with E-state index < -0.39 is 0 Å². The van der Waals surface area contributed by atoms with Gasteiger partial charge in [-0.05, 0) is 47.2 Å². The molecular weight excluding hydrogens is 278 g/mol. The van der Waals surface area contributed by atoms with E-state index in [2.05, 4.69) is 84.7 Å². The van der Waals surface area contributed by atoms with Crippen LogP contribution in [0.25, 0.3) is 0 Å². The second kappa shape index (κ2) is 4.48. The van der Waals surface area contributed by atoms with Crippen molar-refractivity contribution in [2.75, 3.05) is 11.9 Å². The monoisotopic (exact) mass is 297 g/mol. The molecule has 3 aromatic carbocycles. The maximum absolute atomic E-state index is 2.35. The number of hydrogen-bond donors (Lipinski definition) is 0. The number of benzene rings is 3. The molecule has 1 nitrogen and oxygen atoms in total. The van der Waals surface area contributed by atoms with Gasteiger partial charge in [0.25, 0.3) is 0 Å². The Bertz CT molecular complexity index is 835. The van der Waals surface area contributed by atoms with Crippen molar-refractivity contribution in [2.24, 2.45) is 0 Å². The Morgan fingerprint density at radius 2 is 1.09 bits per heavy atom. The van der Waals surface area contributed by atoms with Crippen molar-refractivity contribution in [1.82, 2.24) is 0 Å². The van der Waals surface area contributed by atoms with Crippen LogP contribution in [0.5, 0.6) is 0 Å². The van der Waals surface area contributed by atoms with Crippen molar-refractivity contribution < 1.29 is 0 Å². The fourth-order valence-corrected chi connectivity index (χ4v) is 4.61. The Kier molecular flexibility index (Phi) is 2.52. The number of anilines is 2. The first-order chi connectivity index (χ1) is 11.3. The molecule has 0 amide bonds. The van der Waals surface area contributed by atoms with Crippen LogP contribution in [0.1, 0.15) is 22.3 Å². The average molecular weight is 297 g/mol. The summed E-state index contributed by atoms with van der Waals surface area (Å²) in [6.45, 7) is 0. The predicted octanol–water partition coefficient (Wildman–Crippen LogP) is 4.85. The van der Waals surface area contributed by atoms with Gasteiger partial charge in [0.2, 0.25) is 0 Å². The minimum atomic E-state index is 0.0867. The van der Waals surface area contributed by atoms with E-state index in [-0.39, 0.29) is 5.41 Å². The molecule has 0 bridgehead atoms. The minimum Gasteiger partial charge on any atom is -0.344 e. The Morgan fingerprint density at radius 3 is 1.61 bits per heavy atom. The second-order valence-electron chi connectivity index (χ2n) is 6.80. The Balaban J connectivity index is 1.82. The Hall–Kier alpha value is -2.54. The van der Waals surface area contributed by atoms with E-state index in [9.17, 15) is 0 Å². The smallest absolute Gasteiger partial charge is 0.0450 e. The van der Waals surface area contributed by atoms with Gasteiger partial charge in [0.05, 0.1) is 0 Å². The number of rotatable bonds is 0. The van der Waals surface area contributed by atoms with E-state index in [0.29, 0.717) is 0 Å². The first kappa shape index (κ1) is 13.0. The highest BCUT2D eigenvalue weighted by molar-refractivity contribution is 5.79. The summed E-state index contributed by atoms with van der Waals surface area (Å²) in [4.78, 5) is 2.35. The molecule has 0 unspecified atom stereocenters. The first-order valence-corrected chi connectivity index (χ1v) is 8.29. The van der Waals surface area contributed by atoms with Gasteiger partial charge in [-0.25, -0.2) is 0 Å². The zero-order chi connectivity index (χ0) is 15.4. The van der Waals surface area contributed by atoms with E-state index in [0.717, 1.165) is 12.8 Å². The van der Waals surface area contributed by atoms with Crippen molar-refractivity contribution in [3.8, 4) is 0 Å². The lowest BCUT2D eigenvalue weighted by molar-refractivity contribution is 0.541. The molecule has 23 heavy (non-hydrogen) atoms. The highest BCUT2D eigenvalue weighted by Gasteiger charge is 2.46. The van der Waals surface area contributed by atoms with Crippen molar-refractivity contribution >= 4 is 11.4 Å². The molecule has 0 radical (unpaired) electrons. The molecule has 112 valence electrons. The van der Waals surface area contributed by atoms with Gasteiger partial charge in [-0.2, -0.15) is 0 Å². The molecule has 0 saturated heterocycles.